The third-order valence-electron chi connectivity index (χ3n) is 2.77. The minimum absolute atomic E-state index is 0.161. The number of ether oxygens (including phenoxy) is 2. The molecule has 1 aromatic rings. The summed E-state index contributed by atoms with van der Waals surface area (Å²) in [4.78, 5) is 12.1. The lowest BCUT2D eigenvalue weighted by molar-refractivity contribution is 0.0917. The molecule has 17 heavy (non-hydrogen) atoms. The van der Waals surface area contributed by atoms with E-state index in [0.29, 0.717) is 17.1 Å². The highest BCUT2D eigenvalue weighted by atomic mass is 16.5. The van der Waals surface area contributed by atoms with Crippen LogP contribution >= 0.6 is 0 Å². The zero-order valence-electron chi connectivity index (χ0n) is 9.95. The van der Waals surface area contributed by atoms with Gasteiger partial charge in [0, 0.05) is 13.1 Å². The number of benzene rings is 1. The summed E-state index contributed by atoms with van der Waals surface area (Å²) < 4.78 is 10.4. The Hall–Kier alpha value is -1.75. The number of carbonyl (C=O) groups is 1. The first kappa shape index (κ1) is 11.7. The van der Waals surface area contributed by atoms with E-state index >= 15 is 0 Å². The van der Waals surface area contributed by atoms with Crippen LogP contribution in [-0.4, -0.2) is 39.3 Å². The summed E-state index contributed by atoms with van der Waals surface area (Å²) in [6.45, 7) is 1.62. The fraction of sp³-hybridized carbons (Fsp3) is 0.417. The van der Waals surface area contributed by atoms with Crippen molar-refractivity contribution in [3.63, 3.8) is 0 Å². The number of nitrogens with one attached hydrogen (secondary N) is 2. The highest BCUT2D eigenvalue weighted by molar-refractivity contribution is 6.00. The van der Waals surface area contributed by atoms with Gasteiger partial charge in [0.1, 0.15) is 17.1 Å². The third kappa shape index (κ3) is 2.34. The van der Waals surface area contributed by atoms with Gasteiger partial charge in [-0.15, -0.1) is 0 Å². The lowest BCUT2D eigenvalue weighted by Crippen LogP contribution is -2.57. The van der Waals surface area contributed by atoms with E-state index in [1.165, 1.54) is 14.2 Å². The molecule has 0 aliphatic carbocycles. The van der Waals surface area contributed by atoms with Crippen LogP contribution in [0.5, 0.6) is 11.5 Å². The molecule has 0 aromatic heterocycles. The largest absolute Gasteiger partial charge is 0.496 e. The van der Waals surface area contributed by atoms with Crippen LogP contribution in [0.3, 0.4) is 0 Å². The number of methoxy groups -OCH3 is 2. The maximum Gasteiger partial charge on any atom is 0.259 e. The second kappa shape index (κ2) is 5.05. The van der Waals surface area contributed by atoms with E-state index in [0.717, 1.165) is 13.1 Å². The van der Waals surface area contributed by atoms with E-state index in [-0.39, 0.29) is 11.9 Å². The summed E-state index contributed by atoms with van der Waals surface area (Å²) in [5, 5.41) is 6.02. The van der Waals surface area contributed by atoms with Crippen LogP contribution in [0.15, 0.2) is 18.2 Å². The Labute approximate surface area is 100 Å². The first-order valence-electron chi connectivity index (χ1n) is 5.49. The molecule has 1 aliphatic rings. The predicted octanol–water partition coefficient (Wildman–Crippen LogP) is 0.405. The van der Waals surface area contributed by atoms with Gasteiger partial charge in [0.2, 0.25) is 0 Å². The van der Waals surface area contributed by atoms with Crippen molar-refractivity contribution >= 4 is 5.91 Å². The molecule has 5 heteroatoms. The van der Waals surface area contributed by atoms with Crippen molar-refractivity contribution in [3.8, 4) is 11.5 Å². The van der Waals surface area contributed by atoms with Crippen LogP contribution in [0.2, 0.25) is 0 Å². The highest BCUT2D eigenvalue weighted by Crippen LogP contribution is 2.28. The van der Waals surface area contributed by atoms with E-state index in [1.807, 2.05) is 0 Å². The van der Waals surface area contributed by atoms with E-state index in [1.54, 1.807) is 18.2 Å². The molecule has 0 radical (unpaired) electrons. The Kier molecular flexibility index (Phi) is 3.49. The molecule has 1 fully saturated rings. The summed E-state index contributed by atoms with van der Waals surface area (Å²) in [5.74, 6) is 0.883. The van der Waals surface area contributed by atoms with Gasteiger partial charge in [-0.1, -0.05) is 6.07 Å². The average molecular weight is 236 g/mol. The second-order valence-corrected chi connectivity index (χ2v) is 3.87. The first-order valence-corrected chi connectivity index (χ1v) is 5.49. The van der Waals surface area contributed by atoms with Gasteiger partial charge in [-0.05, 0) is 12.1 Å². The molecule has 0 unspecified atom stereocenters. The van der Waals surface area contributed by atoms with Crippen molar-refractivity contribution in [2.45, 2.75) is 6.04 Å². The van der Waals surface area contributed by atoms with E-state index < -0.39 is 0 Å². The standard InChI is InChI=1S/C12H16N2O3/c1-16-9-4-3-5-10(17-2)11(9)12(15)14-8-6-13-7-8/h3-5,8,13H,6-7H2,1-2H3,(H,14,15). The number of amides is 1. The Morgan fingerprint density at radius 3 is 2.29 bits per heavy atom. The zero-order valence-corrected chi connectivity index (χ0v) is 9.95. The molecule has 1 saturated heterocycles. The summed E-state index contributed by atoms with van der Waals surface area (Å²) in [6.07, 6.45) is 0. The lowest BCUT2D eigenvalue weighted by Gasteiger charge is -2.28. The van der Waals surface area contributed by atoms with Crippen molar-refractivity contribution in [3.05, 3.63) is 23.8 Å². The first-order chi connectivity index (χ1) is 8.26. The zero-order chi connectivity index (χ0) is 12.3. The van der Waals surface area contributed by atoms with Gasteiger partial charge in [-0.3, -0.25) is 4.79 Å². The summed E-state index contributed by atoms with van der Waals surface area (Å²) in [7, 11) is 3.08. The molecule has 2 N–H and O–H groups in total. The Balaban J connectivity index is 2.24. The summed E-state index contributed by atoms with van der Waals surface area (Å²) in [5.41, 5.74) is 0.449. The maximum atomic E-state index is 12.1. The van der Waals surface area contributed by atoms with Crippen molar-refractivity contribution in [1.82, 2.24) is 10.6 Å². The monoisotopic (exact) mass is 236 g/mol. The van der Waals surface area contributed by atoms with Crippen molar-refractivity contribution in [2.24, 2.45) is 0 Å². The van der Waals surface area contributed by atoms with Gasteiger partial charge in [0.05, 0.1) is 20.3 Å². The second-order valence-electron chi connectivity index (χ2n) is 3.87. The topological polar surface area (TPSA) is 59.6 Å². The SMILES string of the molecule is COc1cccc(OC)c1C(=O)NC1CNC1. The smallest absolute Gasteiger partial charge is 0.259 e. The predicted molar refractivity (Wildman–Crippen MR) is 63.7 cm³/mol. The molecule has 1 amide bonds. The molecule has 92 valence electrons. The molecule has 5 nitrogen and oxygen atoms in total. The van der Waals surface area contributed by atoms with Crippen LogP contribution in [0.25, 0.3) is 0 Å². The average Bonchev–Trinajstić information content (AvgIpc) is 2.32. The normalized spacial score (nSPS) is 14.9. The van der Waals surface area contributed by atoms with E-state index in [4.69, 9.17) is 9.47 Å². The molecule has 0 atom stereocenters. The fourth-order valence-electron chi connectivity index (χ4n) is 1.72. The molecule has 2 rings (SSSR count). The molecule has 1 heterocycles. The van der Waals surface area contributed by atoms with Crippen molar-refractivity contribution < 1.29 is 14.3 Å². The molecular weight excluding hydrogens is 220 g/mol. The fourth-order valence-corrected chi connectivity index (χ4v) is 1.72. The van der Waals surface area contributed by atoms with Crippen LogP contribution in [0, 0.1) is 0 Å². The van der Waals surface area contributed by atoms with Gasteiger partial charge in [-0.2, -0.15) is 0 Å². The van der Waals surface area contributed by atoms with Gasteiger partial charge < -0.3 is 20.1 Å². The Morgan fingerprint density at radius 1 is 1.29 bits per heavy atom. The highest BCUT2D eigenvalue weighted by Gasteiger charge is 2.23. The van der Waals surface area contributed by atoms with Crippen molar-refractivity contribution in [2.75, 3.05) is 27.3 Å². The van der Waals surface area contributed by atoms with E-state index in [2.05, 4.69) is 10.6 Å². The van der Waals surface area contributed by atoms with Gasteiger partial charge >= 0.3 is 0 Å². The molecule has 0 bridgehead atoms. The number of hydrogen-bond acceptors (Lipinski definition) is 4. The molecule has 1 aliphatic heterocycles. The molecular formula is C12H16N2O3. The lowest BCUT2D eigenvalue weighted by atomic mass is 10.1. The Morgan fingerprint density at radius 2 is 1.88 bits per heavy atom. The number of hydrogen-bond donors (Lipinski definition) is 2. The summed E-state index contributed by atoms with van der Waals surface area (Å²) in [6, 6.07) is 5.48. The van der Waals surface area contributed by atoms with Crippen LogP contribution < -0.4 is 20.1 Å². The minimum Gasteiger partial charge on any atom is -0.496 e. The van der Waals surface area contributed by atoms with E-state index in [9.17, 15) is 4.79 Å². The van der Waals surface area contributed by atoms with Crippen LogP contribution in [-0.2, 0) is 0 Å². The van der Waals surface area contributed by atoms with Gasteiger partial charge in [0.15, 0.2) is 0 Å². The van der Waals surface area contributed by atoms with Crippen molar-refractivity contribution in [1.29, 1.82) is 0 Å². The Bertz CT molecular complexity index is 394. The molecule has 1 aromatic carbocycles. The van der Waals surface area contributed by atoms with Gasteiger partial charge in [0.25, 0.3) is 5.91 Å². The summed E-state index contributed by atoms with van der Waals surface area (Å²) >= 11 is 0. The minimum atomic E-state index is -0.161. The maximum absolute atomic E-state index is 12.1. The van der Waals surface area contributed by atoms with Crippen LogP contribution in [0.1, 0.15) is 10.4 Å². The van der Waals surface area contributed by atoms with Crippen LogP contribution in [0.4, 0.5) is 0 Å². The quantitative estimate of drug-likeness (QED) is 0.794. The third-order valence-corrected chi connectivity index (χ3v) is 2.77. The van der Waals surface area contributed by atoms with Gasteiger partial charge in [-0.25, -0.2) is 0 Å². The number of carbonyl (C=O) groups excluding carboxylic acids is 1. The number of rotatable bonds is 4. The molecule has 0 spiro atoms. The molecule has 0 saturated carbocycles.